The molecule has 0 amide bonds. The van der Waals surface area contributed by atoms with Crippen molar-refractivity contribution in [1.29, 1.82) is 0 Å². The van der Waals surface area contributed by atoms with Gasteiger partial charge in [0.15, 0.2) is 0 Å². The number of thiophene rings is 1. The molecule has 18 heavy (non-hydrogen) atoms. The Bertz CT molecular complexity index is 485. The van der Waals surface area contributed by atoms with Crippen LogP contribution in [0.25, 0.3) is 0 Å². The maximum absolute atomic E-state index is 5.86. The van der Waals surface area contributed by atoms with E-state index in [9.17, 15) is 0 Å². The second-order valence-corrected chi connectivity index (χ2v) is 5.46. The van der Waals surface area contributed by atoms with E-state index in [4.69, 9.17) is 16.0 Å². The van der Waals surface area contributed by atoms with Crippen molar-refractivity contribution in [2.24, 2.45) is 0 Å². The minimum Gasteiger partial charge on any atom is -0.407 e. The molecule has 2 heterocycles. The van der Waals surface area contributed by atoms with E-state index < -0.39 is 0 Å². The van der Waals surface area contributed by atoms with Crippen molar-refractivity contribution in [3.8, 4) is 0 Å². The van der Waals surface area contributed by atoms with Gasteiger partial charge >= 0.3 is 6.01 Å². The Kier molecular flexibility index (Phi) is 4.98. The molecule has 2 aromatic heterocycles. The summed E-state index contributed by atoms with van der Waals surface area (Å²) < 4.78 is 6.23. The molecule has 0 atom stereocenters. The topological polar surface area (TPSA) is 63.0 Å². The average molecular weight is 287 g/mol. The molecule has 0 aromatic carbocycles. The van der Waals surface area contributed by atoms with Crippen LogP contribution in [0.1, 0.15) is 17.7 Å². The zero-order valence-electron chi connectivity index (χ0n) is 10.1. The van der Waals surface area contributed by atoms with E-state index in [2.05, 4.69) is 20.8 Å². The summed E-state index contributed by atoms with van der Waals surface area (Å²) in [6, 6.07) is 4.40. The summed E-state index contributed by atoms with van der Waals surface area (Å²) in [5, 5.41) is 14.1. The van der Waals surface area contributed by atoms with Crippen LogP contribution in [-0.2, 0) is 13.0 Å². The first-order valence-electron chi connectivity index (χ1n) is 5.79. The molecule has 0 unspecified atom stereocenters. The van der Waals surface area contributed by atoms with Gasteiger partial charge in [0.1, 0.15) is 0 Å². The summed E-state index contributed by atoms with van der Waals surface area (Å²) >= 11 is 7.45. The monoisotopic (exact) mass is 286 g/mol. The molecule has 5 nitrogen and oxygen atoms in total. The van der Waals surface area contributed by atoms with Crippen LogP contribution >= 0.6 is 22.9 Å². The quantitative estimate of drug-likeness (QED) is 0.819. The third-order valence-electron chi connectivity index (χ3n) is 2.27. The fourth-order valence-corrected chi connectivity index (χ4v) is 2.49. The summed E-state index contributed by atoms with van der Waals surface area (Å²) in [7, 11) is 0. The highest BCUT2D eigenvalue weighted by atomic mass is 35.5. The van der Waals surface area contributed by atoms with Crippen LogP contribution in [-0.4, -0.2) is 23.3 Å². The first-order valence-corrected chi connectivity index (χ1v) is 6.98. The SMILES string of the molecule is CCNCc1nnc(NCCc2ccc(Cl)s2)o1. The summed E-state index contributed by atoms with van der Waals surface area (Å²) in [4.78, 5) is 1.24. The van der Waals surface area contributed by atoms with Crippen molar-refractivity contribution in [2.45, 2.75) is 19.9 Å². The molecule has 2 aromatic rings. The molecular weight excluding hydrogens is 272 g/mol. The van der Waals surface area contributed by atoms with E-state index in [1.54, 1.807) is 11.3 Å². The molecule has 2 N–H and O–H groups in total. The lowest BCUT2D eigenvalue weighted by molar-refractivity contribution is 0.481. The van der Waals surface area contributed by atoms with Gasteiger partial charge in [-0.1, -0.05) is 23.6 Å². The lowest BCUT2D eigenvalue weighted by Gasteiger charge is -1.98. The highest BCUT2D eigenvalue weighted by Crippen LogP contribution is 2.21. The van der Waals surface area contributed by atoms with Crippen LogP contribution < -0.4 is 10.6 Å². The van der Waals surface area contributed by atoms with Crippen LogP contribution in [0.3, 0.4) is 0 Å². The van der Waals surface area contributed by atoms with E-state index in [-0.39, 0.29) is 0 Å². The van der Waals surface area contributed by atoms with Crippen LogP contribution in [0.4, 0.5) is 6.01 Å². The van der Waals surface area contributed by atoms with Crippen molar-refractivity contribution in [1.82, 2.24) is 15.5 Å². The number of hydrogen-bond donors (Lipinski definition) is 2. The Morgan fingerprint density at radius 3 is 3.00 bits per heavy atom. The molecule has 2 rings (SSSR count). The minimum atomic E-state index is 0.463. The van der Waals surface area contributed by atoms with Gasteiger partial charge in [-0.2, -0.15) is 0 Å². The molecular formula is C11H15ClN4OS. The molecule has 0 aliphatic heterocycles. The average Bonchev–Trinajstić information content (AvgIpc) is 2.96. The van der Waals surface area contributed by atoms with Crippen LogP contribution in [0.15, 0.2) is 16.5 Å². The zero-order valence-corrected chi connectivity index (χ0v) is 11.6. The van der Waals surface area contributed by atoms with Gasteiger partial charge in [-0.3, -0.25) is 0 Å². The minimum absolute atomic E-state index is 0.463. The standard InChI is InChI=1S/C11H15ClN4OS/c1-2-13-7-10-15-16-11(17-10)14-6-5-8-3-4-9(12)18-8/h3-4,13H,2,5-7H2,1H3,(H,14,16). The van der Waals surface area contributed by atoms with Gasteiger partial charge in [0.05, 0.1) is 10.9 Å². The lowest BCUT2D eigenvalue weighted by atomic mass is 10.3. The summed E-state index contributed by atoms with van der Waals surface area (Å²) in [5.41, 5.74) is 0. The number of nitrogens with zero attached hydrogens (tertiary/aromatic N) is 2. The molecule has 0 fully saturated rings. The van der Waals surface area contributed by atoms with Crippen molar-refractivity contribution >= 4 is 29.0 Å². The summed E-state index contributed by atoms with van der Waals surface area (Å²) in [6.07, 6.45) is 0.891. The smallest absolute Gasteiger partial charge is 0.315 e. The largest absolute Gasteiger partial charge is 0.407 e. The van der Waals surface area contributed by atoms with Crippen LogP contribution in [0, 0.1) is 0 Å². The normalized spacial score (nSPS) is 10.8. The maximum Gasteiger partial charge on any atom is 0.315 e. The predicted octanol–water partition coefficient (Wildman–Crippen LogP) is 2.55. The zero-order chi connectivity index (χ0) is 12.8. The molecule has 0 aliphatic carbocycles. The van der Waals surface area contributed by atoms with Gasteiger partial charge in [0.2, 0.25) is 5.89 Å². The second-order valence-electron chi connectivity index (χ2n) is 3.66. The van der Waals surface area contributed by atoms with E-state index >= 15 is 0 Å². The van der Waals surface area contributed by atoms with Gasteiger partial charge in [0.25, 0.3) is 0 Å². The molecule has 7 heteroatoms. The molecule has 0 aliphatic rings. The van der Waals surface area contributed by atoms with Gasteiger partial charge < -0.3 is 15.1 Å². The first-order chi connectivity index (χ1) is 8.78. The summed E-state index contributed by atoms with van der Waals surface area (Å²) in [6.45, 7) is 4.26. The number of nitrogens with one attached hydrogen (secondary N) is 2. The second kappa shape index (κ2) is 6.72. The van der Waals surface area contributed by atoms with E-state index in [0.29, 0.717) is 18.5 Å². The van der Waals surface area contributed by atoms with Gasteiger partial charge in [-0.15, -0.1) is 16.4 Å². The molecule has 0 radical (unpaired) electrons. The third kappa shape index (κ3) is 3.97. The van der Waals surface area contributed by atoms with Crippen molar-refractivity contribution in [2.75, 3.05) is 18.4 Å². The van der Waals surface area contributed by atoms with E-state index in [0.717, 1.165) is 23.8 Å². The Hall–Kier alpha value is -1.11. The highest BCUT2D eigenvalue weighted by Gasteiger charge is 2.04. The number of hydrogen-bond acceptors (Lipinski definition) is 6. The van der Waals surface area contributed by atoms with E-state index in [1.165, 1.54) is 4.88 Å². The predicted molar refractivity (Wildman–Crippen MR) is 73.2 cm³/mol. The molecule has 0 spiro atoms. The lowest BCUT2D eigenvalue weighted by Crippen LogP contribution is -2.11. The van der Waals surface area contributed by atoms with E-state index in [1.807, 2.05) is 19.1 Å². The molecule has 0 bridgehead atoms. The maximum atomic E-state index is 5.86. The van der Waals surface area contributed by atoms with Gasteiger partial charge in [0, 0.05) is 11.4 Å². The fourth-order valence-electron chi connectivity index (χ4n) is 1.41. The van der Waals surface area contributed by atoms with Crippen LogP contribution in [0.5, 0.6) is 0 Å². The Labute approximate surface area is 115 Å². The van der Waals surface area contributed by atoms with Gasteiger partial charge in [-0.25, -0.2) is 0 Å². The first kappa shape index (κ1) is 13.3. The number of aromatic nitrogens is 2. The summed E-state index contributed by atoms with van der Waals surface area (Å²) in [5.74, 6) is 0.596. The number of rotatable bonds is 7. The third-order valence-corrected chi connectivity index (χ3v) is 3.56. The molecule has 98 valence electrons. The molecule has 0 saturated carbocycles. The number of halogens is 1. The van der Waals surface area contributed by atoms with Crippen LogP contribution in [0.2, 0.25) is 4.34 Å². The fraction of sp³-hybridized carbons (Fsp3) is 0.455. The van der Waals surface area contributed by atoms with Crippen molar-refractivity contribution in [3.05, 3.63) is 27.2 Å². The van der Waals surface area contributed by atoms with Crippen molar-refractivity contribution in [3.63, 3.8) is 0 Å². The molecule has 0 saturated heterocycles. The number of anilines is 1. The Balaban J connectivity index is 1.74. The van der Waals surface area contributed by atoms with Gasteiger partial charge in [-0.05, 0) is 25.1 Å². The Morgan fingerprint density at radius 2 is 2.28 bits per heavy atom. The Morgan fingerprint density at radius 1 is 1.39 bits per heavy atom. The highest BCUT2D eigenvalue weighted by molar-refractivity contribution is 7.16. The van der Waals surface area contributed by atoms with Crippen molar-refractivity contribution < 1.29 is 4.42 Å².